The minimum absolute atomic E-state index is 0.433. The molecule has 1 saturated heterocycles. The van der Waals surface area contributed by atoms with Crippen molar-refractivity contribution in [3.8, 4) is 0 Å². The molecule has 0 aromatic rings. The van der Waals surface area contributed by atoms with Crippen molar-refractivity contribution >= 4 is 21.8 Å². The van der Waals surface area contributed by atoms with Crippen molar-refractivity contribution in [2.75, 3.05) is 11.9 Å². The van der Waals surface area contributed by atoms with Gasteiger partial charge in [0.15, 0.2) is 0 Å². The Bertz CT molecular complexity index is 369. The minimum Gasteiger partial charge on any atom is -0.338 e. The van der Waals surface area contributed by atoms with Crippen molar-refractivity contribution in [2.24, 2.45) is 35.5 Å². The summed E-state index contributed by atoms with van der Waals surface area (Å²) in [5.74, 6) is 5.03. The topological polar surface area (TPSA) is 20.3 Å². The highest BCUT2D eigenvalue weighted by Gasteiger charge is 2.68. The first-order chi connectivity index (χ1) is 8.72. The molecule has 0 radical (unpaired) electrons. The highest BCUT2D eigenvalue weighted by atomic mass is 79.9. The Morgan fingerprint density at radius 3 is 2.50 bits per heavy atom. The number of carbonyl (C=O) groups excluding carboxylic acids is 1. The third kappa shape index (κ3) is 1.43. The number of fused-ring (bicyclic) bond motifs is 5. The smallest absolute Gasteiger partial charge is 0.226 e. The zero-order valence-electron chi connectivity index (χ0n) is 11.0. The number of likely N-dealkylation sites (tertiary alicyclic amines) is 1. The van der Waals surface area contributed by atoms with Gasteiger partial charge in [-0.15, -0.1) is 0 Å². The van der Waals surface area contributed by atoms with Crippen LogP contribution in [0, 0.1) is 35.5 Å². The van der Waals surface area contributed by atoms with Gasteiger partial charge in [-0.1, -0.05) is 22.9 Å². The van der Waals surface area contributed by atoms with E-state index in [4.69, 9.17) is 0 Å². The van der Waals surface area contributed by atoms with E-state index in [0.717, 1.165) is 35.5 Å². The lowest BCUT2D eigenvalue weighted by molar-refractivity contribution is -0.134. The summed E-state index contributed by atoms with van der Waals surface area (Å²) < 4.78 is 0. The summed E-state index contributed by atoms with van der Waals surface area (Å²) in [6.45, 7) is 3.29. The van der Waals surface area contributed by atoms with Gasteiger partial charge in [-0.2, -0.15) is 0 Å². The first kappa shape index (κ1) is 11.7. The van der Waals surface area contributed by atoms with Gasteiger partial charge in [0.2, 0.25) is 5.91 Å². The van der Waals surface area contributed by atoms with Crippen molar-refractivity contribution in [2.45, 2.75) is 38.6 Å². The predicted octanol–water partition coefficient (Wildman–Crippen LogP) is 2.91. The second-order valence-electron chi connectivity index (χ2n) is 7.03. The Kier molecular flexibility index (Phi) is 2.59. The number of hydrogen-bond donors (Lipinski definition) is 0. The molecule has 4 aliphatic rings. The van der Waals surface area contributed by atoms with Crippen LogP contribution in [0.5, 0.6) is 0 Å². The summed E-state index contributed by atoms with van der Waals surface area (Å²) >= 11 is 3.60. The Hall–Kier alpha value is -0.0500. The maximum atomic E-state index is 12.8. The largest absolute Gasteiger partial charge is 0.338 e. The average molecular weight is 312 g/mol. The van der Waals surface area contributed by atoms with Gasteiger partial charge >= 0.3 is 0 Å². The molecule has 3 saturated carbocycles. The van der Waals surface area contributed by atoms with E-state index in [1.54, 1.807) is 0 Å². The first-order valence-electron chi connectivity index (χ1n) is 7.58. The minimum atomic E-state index is 0.433. The van der Waals surface area contributed by atoms with E-state index in [0.29, 0.717) is 23.8 Å². The number of alkyl halides is 1. The Morgan fingerprint density at radius 1 is 1.22 bits per heavy atom. The quantitative estimate of drug-likeness (QED) is 0.718. The molecule has 0 aromatic heterocycles. The standard InChI is InChI=1S/C15H22BrNO/c1-8-4-5-17(11(8)7-16)15(18)14-12-9-2-3-10(6-9)13(12)14/h8-14H,2-7H2,1H3. The van der Waals surface area contributed by atoms with Crippen LogP contribution in [0.15, 0.2) is 0 Å². The highest BCUT2D eigenvalue weighted by Crippen LogP contribution is 2.69. The Labute approximate surface area is 118 Å². The van der Waals surface area contributed by atoms with Crippen LogP contribution >= 0.6 is 15.9 Å². The van der Waals surface area contributed by atoms with E-state index in [9.17, 15) is 4.79 Å². The molecule has 1 amide bonds. The fraction of sp³-hybridized carbons (Fsp3) is 0.933. The molecule has 0 aromatic carbocycles. The predicted molar refractivity (Wildman–Crippen MR) is 74.4 cm³/mol. The van der Waals surface area contributed by atoms with Gasteiger partial charge < -0.3 is 4.90 Å². The molecule has 2 nitrogen and oxygen atoms in total. The highest BCUT2D eigenvalue weighted by molar-refractivity contribution is 9.09. The first-order valence-corrected chi connectivity index (χ1v) is 8.71. The summed E-state index contributed by atoms with van der Waals surface area (Å²) in [4.78, 5) is 15.0. The second-order valence-corrected chi connectivity index (χ2v) is 7.68. The van der Waals surface area contributed by atoms with Gasteiger partial charge in [-0.25, -0.2) is 0 Å². The summed E-state index contributed by atoms with van der Waals surface area (Å²) in [5, 5.41) is 0.953. The van der Waals surface area contributed by atoms with E-state index >= 15 is 0 Å². The molecule has 6 unspecified atom stereocenters. The third-order valence-electron chi connectivity index (χ3n) is 6.34. The molecule has 100 valence electrons. The fourth-order valence-corrected chi connectivity index (χ4v) is 6.35. The zero-order valence-corrected chi connectivity index (χ0v) is 12.6. The molecule has 1 aliphatic heterocycles. The van der Waals surface area contributed by atoms with E-state index in [1.165, 1.54) is 25.7 Å². The SMILES string of the molecule is CC1CCN(C(=O)C2C3C4CCC(C4)C23)C1CBr. The van der Waals surface area contributed by atoms with E-state index in [-0.39, 0.29) is 0 Å². The van der Waals surface area contributed by atoms with Gasteiger partial charge in [-0.05, 0) is 55.3 Å². The van der Waals surface area contributed by atoms with Gasteiger partial charge in [0, 0.05) is 23.8 Å². The number of halogens is 1. The summed E-state index contributed by atoms with van der Waals surface area (Å²) in [6.07, 6.45) is 5.45. The molecule has 3 aliphatic carbocycles. The van der Waals surface area contributed by atoms with Crippen LogP contribution in [0.2, 0.25) is 0 Å². The van der Waals surface area contributed by atoms with Gasteiger partial charge in [0.1, 0.15) is 0 Å². The molecule has 3 heteroatoms. The number of hydrogen-bond acceptors (Lipinski definition) is 1. The zero-order chi connectivity index (χ0) is 12.4. The average Bonchev–Trinajstić information content (AvgIpc) is 2.71. The lowest BCUT2D eigenvalue weighted by Crippen LogP contribution is -2.40. The normalized spacial score (nSPS) is 52.8. The van der Waals surface area contributed by atoms with Crippen molar-refractivity contribution in [3.63, 3.8) is 0 Å². The molecular weight excluding hydrogens is 290 g/mol. The molecule has 0 spiro atoms. The van der Waals surface area contributed by atoms with E-state index in [2.05, 4.69) is 27.8 Å². The van der Waals surface area contributed by atoms with Gasteiger partial charge in [0.25, 0.3) is 0 Å². The van der Waals surface area contributed by atoms with Crippen LogP contribution in [-0.4, -0.2) is 28.7 Å². The van der Waals surface area contributed by atoms with Crippen LogP contribution in [0.1, 0.15) is 32.6 Å². The number of rotatable bonds is 2. The van der Waals surface area contributed by atoms with Crippen molar-refractivity contribution in [1.29, 1.82) is 0 Å². The Morgan fingerprint density at radius 2 is 1.89 bits per heavy atom. The summed E-state index contributed by atoms with van der Waals surface area (Å²) in [5.41, 5.74) is 0. The van der Waals surface area contributed by atoms with E-state index < -0.39 is 0 Å². The van der Waals surface area contributed by atoms with Crippen LogP contribution in [-0.2, 0) is 4.79 Å². The van der Waals surface area contributed by atoms with Crippen molar-refractivity contribution < 1.29 is 4.79 Å². The maximum absolute atomic E-state index is 12.8. The van der Waals surface area contributed by atoms with Gasteiger partial charge in [0.05, 0.1) is 0 Å². The van der Waals surface area contributed by atoms with Crippen LogP contribution in [0.4, 0.5) is 0 Å². The van der Waals surface area contributed by atoms with Crippen LogP contribution < -0.4 is 0 Å². The van der Waals surface area contributed by atoms with Crippen LogP contribution in [0.25, 0.3) is 0 Å². The second kappa shape index (κ2) is 3.97. The number of nitrogens with zero attached hydrogens (tertiary/aromatic N) is 1. The monoisotopic (exact) mass is 311 g/mol. The van der Waals surface area contributed by atoms with Crippen molar-refractivity contribution in [1.82, 2.24) is 4.90 Å². The lowest BCUT2D eigenvalue weighted by atomic mass is 10.0. The maximum Gasteiger partial charge on any atom is 0.226 e. The molecular formula is C15H22BrNO. The Balaban J connectivity index is 1.49. The number of carbonyl (C=O) groups is 1. The van der Waals surface area contributed by atoms with E-state index in [1.807, 2.05) is 0 Å². The molecule has 1 heterocycles. The molecule has 0 N–H and O–H groups in total. The summed E-state index contributed by atoms with van der Waals surface area (Å²) in [7, 11) is 0. The lowest BCUT2D eigenvalue weighted by Gasteiger charge is -2.26. The molecule has 6 atom stereocenters. The fourth-order valence-electron chi connectivity index (χ4n) is 5.36. The molecule has 4 rings (SSSR count). The van der Waals surface area contributed by atoms with Crippen molar-refractivity contribution in [3.05, 3.63) is 0 Å². The van der Waals surface area contributed by atoms with Crippen LogP contribution in [0.3, 0.4) is 0 Å². The van der Waals surface area contributed by atoms with Gasteiger partial charge in [-0.3, -0.25) is 4.79 Å². The summed E-state index contributed by atoms with van der Waals surface area (Å²) in [6, 6.07) is 0.455. The molecule has 4 fully saturated rings. The number of amides is 1. The third-order valence-corrected chi connectivity index (χ3v) is 7.01. The molecule has 2 bridgehead atoms. The molecule has 18 heavy (non-hydrogen) atoms.